The third-order valence-corrected chi connectivity index (χ3v) is 6.49. The van der Waals surface area contributed by atoms with Crippen LogP contribution in [-0.2, 0) is 4.79 Å². The Kier molecular flexibility index (Phi) is 8.09. The molecule has 6 heteroatoms. The molecule has 160 valence electrons. The predicted molar refractivity (Wildman–Crippen MR) is 137 cm³/mol. The van der Waals surface area contributed by atoms with E-state index in [1.165, 1.54) is 0 Å². The Morgan fingerprint density at radius 1 is 0.903 bits per heavy atom. The van der Waals surface area contributed by atoms with Crippen molar-refractivity contribution in [2.75, 3.05) is 16.0 Å². The molecule has 1 unspecified atom stereocenters. The summed E-state index contributed by atoms with van der Waals surface area (Å²) < 4.78 is 0. The highest BCUT2D eigenvalue weighted by Gasteiger charge is 2.19. The molecule has 0 aliphatic carbocycles. The predicted octanol–water partition coefficient (Wildman–Crippen LogP) is 6.62. The fourth-order valence-electron chi connectivity index (χ4n) is 3.05. The van der Waals surface area contributed by atoms with Crippen LogP contribution >= 0.6 is 24.0 Å². The third-order valence-electron chi connectivity index (χ3n) is 4.93. The maximum Gasteiger partial charge on any atom is 0.237 e. The first-order chi connectivity index (χ1) is 15.0. The fourth-order valence-corrected chi connectivity index (χ4v) is 4.30. The van der Waals surface area contributed by atoms with Gasteiger partial charge in [-0.05, 0) is 80.0 Å². The molecule has 3 aromatic carbocycles. The second-order valence-corrected chi connectivity index (χ2v) is 8.91. The van der Waals surface area contributed by atoms with Crippen LogP contribution in [0.25, 0.3) is 0 Å². The molecule has 0 heterocycles. The average molecular weight is 450 g/mol. The first kappa shape index (κ1) is 22.8. The lowest BCUT2D eigenvalue weighted by molar-refractivity contribution is -0.115. The smallest absolute Gasteiger partial charge is 0.237 e. The molecule has 0 spiro atoms. The number of amides is 1. The summed E-state index contributed by atoms with van der Waals surface area (Å²) in [5.74, 6) is 0.0147. The number of anilines is 3. The van der Waals surface area contributed by atoms with Gasteiger partial charge in [0.05, 0.1) is 5.25 Å². The van der Waals surface area contributed by atoms with E-state index in [-0.39, 0.29) is 11.2 Å². The van der Waals surface area contributed by atoms with Crippen molar-refractivity contribution in [3.63, 3.8) is 0 Å². The fraction of sp³-hybridized carbons (Fsp3) is 0.200. The van der Waals surface area contributed by atoms with Gasteiger partial charge in [0.1, 0.15) is 0 Å². The van der Waals surface area contributed by atoms with Gasteiger partial charge in [-0.25, -0.2) is 0 Å². The molecule has 0 saturated carbocycles. The van der Waals surface area contributed by atoms with E-state index in [1.54, 1.807) is 11.8 Å². The lowest BCUT2D eigenvalue weighted by Crippen LogP contribution is -2.25. The van der Waals surface area contributed by atoms with Gasteiger partial charge in [-0.2, -0.15) is 0 Å². The van der Waals surface area contributed by atoms with Crippen LogP contribution in [0.5, 0.6) is 0 Å². The molecule has 0 aliphatic heterocycles. The zero-order valence-electron chi connectivity index (χ0n) is 17.9. The van der Waals surface area contributed by atoms with E-state index in [0.29, 0.717) is 5.11 Å². The first-order valence-corrected chi connectivity index (χ1v) is 11.5. The van der Waals surface area contributed by atoms with Crippen LogP contribution in [0.2, 0.25) is 0 Å². The van der Waals surface area contributed by atoms with Crippen molar-refractivity contribution in [1.82, 2.24) is 0 Å². The number of thiocarbonyl (C=S) groups is 1. The number of carbonyl (C=O) groups is 1. The van der Waals surface area contributed by atoms with Crippen molar-refractivity contribution in [1.29, 1.82) is 0 Å². The number of hydrogen-bond donors (Lipinski definition) is 3. The van der Waals surface area contributed by atoms with Crippen LogP contribution in [-0.4, -0.2) is 16.3 Å². The molecule has 4 nitrogen and oxygen atoms in total. The molecule has 0 aromatic heterocycles. The Labute approximate surface area is 193 Å². The van der Waals surface area contributed by atoms with Gasteiger partial charge < -0.3 is 16.0 Å². The second kappa shape index (κ2) is 11.0. The molecule has 1 atom stereocenters. The number of nitrogens with one attached hydrogen (secondary N) is 3. The molecule has 3 aromatic rings. The molecule has 31 heavy (non-hydrogen) atoms. The zero-order valence-corrected chi connectivity index (χ0v) is 19.6. The molecule has 0 bridgehead atoms. The number of thioether (sulfide) groups is 1. The number of carbonyl (C=O) groups excluding carboxylic acids is 1. The van der Waals surface area contributed by atoms with Crippen LogP contribution in [0.1, 0.15) is 24.5 Å². The van der Waals surface area contributed by atoms with E-state index in [9.17, 15) is 4.79 Å². The molecule has 3 N–H and O–H groups in total. The van der Waals surface area contributed by atoms with Crippen LogP contribution < -0.4 is 16.0 Å². The van der Waals surface area contributed by atoms with Crippen LogP contribution in [0, 0.1) is 13.8 Å². The van der Waals surface area contributed by atoms with Crippen molar-refractivity contribution >= 4 is 52.1 Å². The third kappa shape index (κ3) is 6.57. The molecule has 3 rings (SSSR count). The number of para-hydroxylation sites is 1. The number of benzene rings is 3. The molecular weight excluding hydrogens is 422 g/mol. The van der Waals surface area contributed by atoms with Gasteiger partial charge in [0.25, 0.3) is 0 Å². The highest BCUT2D eigenvalue weighted by Crippen LogP contribution is 2.29. The minimum Gasteiger partial charge on any atom is -0.332 e. The Bertz CT molecular complexity index is 1050. The highest BCUT2D eigenvalue weighted by molar-refractivity contribution is 8.00. The zero-order chi connectivity index (χ0) is 22.2. The van der Waals surface area contributed by atoms with Gasteiger partial charge in [-0.3, -0.25) is 4.79 Å². The Hall–Kier alpha value is -2.83. The highest BCUT2D eigenvalue weighted by atomic mass is 32.2. The Morgan fingerprint density at radius 3 is 2.32 bits per heavy atom. The van der Waals surface area contributed by atoms with E-state index >= 15 is 0 Å². The van der Waals surface area contributed by atoms with Crippen molar-refractivity contribution in [2.24, 2.45) is 0 Å². The Balaban J connectivity index is 1.63. The van der Waals surface area contributed by atoms with E-state index in [0.717, 1.165) is 39.5 Å². The van der Waals surface area contributed by atoms with Crippen molar-refractivity contribution in [3.8, 4) is 0 Å². The summed E-state index contributed by atoms with van der Waals surface area (Å²) in [4.78, 5) is 13.9. The molecule has 0 aliphatic rings. The van der Waals surface area contributed by atoms with Gasteiger partial charge in [-0.15, -0.1) is 11.8 Å². The molecule has 0 fully saturated rings. The summed E-state index contributed by atoms with van der Waals surface area (Å²) in [5, 5.41) is 9.80. The minimum absolute atomic E-state index is 0.0147. The van der Waals surface area contributed by atoms with Crippen LogP contribution in [0.3, 0.4) is 0 Å². The topological polar surface area (TPSA) is 53.2 Å². The summed E-state index contributed by atoms with van der Waals surface area (Å²) in [6.07, 6.45) is 0.729. The second-order valence-electron chi connectivity index (χ2n) is 7.22. The van der Waals surface area contributed by atoms with Gasteiger partial charge >= 0.3 is 0 Å². The Morgan fingerprint density at radius 2 is 1.58 bits per heavy atom. The summed E-state index contributed by atoms with van der Waals surface area (Å²) in [7, 11) is 0. The molecule has 1 amide bonds. The first-order valence-electron chi connectivity index (χ1n) is 10.2. The minimum atomic E-state index is -0.190. The maximum atomic E-state index is 12.9. The average Bonchev–Trinajstić information content (AvgIpc) is 2.76. The molecular formula is C25H27N3OS2. The summed E-state index contributed by atoms with van der Waals surface area (Å²) in [6.45, 7) is 6.11. The van der Waals surface area contributed by atoms with Crippen molar-refractivity contribution in [2.45, 2.75) is 37.3 Å². The maximum absolute atomic E-state index is 12.9. The summed E-state index contributed by atoms with van der Waals surface area (Å²) >= 11 is 6.97. The van der Waals surface area contributed by atoms with E-state index in [1.807, 2.05) is 93.6 Å². The van der Waals surface area contributed by atoms with Gasteiger partial charge in [-0.1, -0.05) is 43.3 Å². The lowest BCUT2D eigenvalue weighted by atomic mass is 10.1. The molecule has 0 radical (unpaired) electrons. The van der Waals surface area contributed by atoms with Crippen LogP contribution in [0.15, 0.2) is 77.7 Å². The van der Waals surface area contributed by atoms with Gasteiger partial charge in [0, 0.05) is 22.0 Å². The van der Waals surface area contributed by atoms with Crippen LogP contribution in [0.4, 0.5) is 17.1 Å². The quantitative estimate of drug-likeness (QED) is 0.279. The lowest BCUT2D eigenvalue weighted by Gasteiger charge is -2.17. The van der Waals surface area contributed by atoms with E-state index in [4.69, 9.17) is 12.2 Å². The SMILES string of the molecule is CCC(Sc1cccc(NC(=S)Nc2ccccc2)c1)C(=O)Nc1cccc(C)c1C. The monoisotopic (exact) mass is 449 g/mol. The van der Waals surface area contributed by atoms with E-state index < -0.39 is 0 Å². The number of aryl methyl sites for hydroxylation is 1. The van der Waals surface area contributed by atoms with Gasteiger partial charge in [0.15, 0.2) is 5.11 Å². The van der Waals surface area contributed by atoms with Crippen molar-refractivity contribution < 1.29 is 4.79 Å². The van der Waals surface area contributed by atoms with Crippen molar-refractivity contribution in [3.05, 3.63) is 83.9 Å². The summed E-state index contributed by atoms with van der Waals surface area (Å²) in [6, 6.07) is 23.7. The molecule has 0 saturated heterocycles. The summed E-state index contributed by atoms with van der Waals surface area (Å²) in [5.41, 5.74) is 4.94. The number of rotatable bonds is 7. The van der Waals surface area contributed by atoms with E-state index in [2.05, 4.69) is 16.0 Å². The largest absolute Gasteiger partial charge is 0.332 e. The normalized spacial score (nSPS) is 11.5. The standard InChI is InChI=1S/C25H27N3OS2/c1-4-23(24(29)28-22-15-8-10-17(2)18(22)3)31-21-14-9-13-20(16-21)27-25(30)26-19-11-6-5-7-12-19/h5-16,23H,4H2,1-3H3,(H,28,29)(H2,26,27,30). The number of hydrogen-bond acceptors (Lipinski definition) is 3. The van der Waals surface area contributed by atoms with Gasteiger partial charge in [0.2, 0.25) is 5.91 Å².